The lowest BCUT2D eigenvalue weighted by Crippen LogP contribution is -2.34. The Hall–Kier alpha value is -1.25. The van der Waals surface area contributed by atoms with Gasteiger partial charge >= 0.3 is 0 Å². The summed E-state index contributed by atoms with van der Waals surface area (Å²) in [4.78, 5) is 6.40. The molecule has 0 bridgehead atoms. The number of anilines is 2. The zero-order chi connectivity index (χ0) is 9.97. The standard InChI is InChI=1S/C11H17N3/c1-9-3-2-6-14(8-9)10-4-5-13-11(12)7-10/h4-5,7,9H,2-3,6,8H2,1H3,(H2,12,13). The van der Waals surface area contributed by atoms with Gasteiger partial charge in [-0.1, -0.05) is 6.92 Å². The lowest BCUT2D eigenvalue weighted by molar-refractivity contribution is 0.447. The quantitative estimate of drug-likeness (QED) is 0.737. The maximum Gasteiger partial charge on any atom is 0.125 e. The van der Waals surface area contributed by atoms with E-state index in [0.717, 1.165) is 19.0 Å². The summed E-state index contributed by atoms with van der Waals surface area (Å²) < 4.78 is 0. The molecule has 2 heterocycles. The summed E-state index contributed by atoms with van der Waals surface area (Å²) >= 11 is 0. The van der Waals surface area contributed by atoms with Crippen LogP contribution in [-0.2, 0) is 0 Å². The number of hydrogen-bond donors (Lipinski definition) is 1. The van der Waals surface area contributed by atoms with Gasteiger partial charge < -0.3 is 10.6 Å². The Morgan fingerprint density at radius 3 is 3.14 bits per heavy atom. The van der Waals surface area contributed by atoms with Crippen molar-refractivity contribution in [2.75, 3.05) is 23.7 Å². The number of hydrogen-bond acceptors (Lipinski definition) is 3. The van der Waals surface area contributed by atoms with Crippen molar-refractivity contribution in [3.8, 4) is 0 Å². The van der Waals surface area contributed by atoms with Crippen LogP contribution in [0.15, 0.2) is 18.3 Å². The first-order valence-corrected chi connectivity index (χ1v) is 5.22. The first-order chi connectivity index (χ1) is 6.75. The van der Waals surface area contributed by atoms with Gasteiger partial charge in [-0.2, -0.15) is 0 Å². The van der Waals surface area contributed by atoms with Gasteiger partial charge in [-0.15, -0.1) is 0 Å². The van der Waals surface area contributed by atoms with E-state index in [-0.39, 0.29) is 0 Å². The third-order valence-corrected chi connectivity index (χ3v) is 2.79. The molecule has 1 atom stereocenters. The monoisotopic (exact) mass is 191 g/mol. The number of nitrogens with zero attached hydrogens (tertiary/aromatic N) is 2. The zero-order valence-electron chi connectivity index (χ0n) is 8.61. The molecule has 0 saturated carbocycles. The van der Waals surface area contributed by atoms with Gasteiger partial charge in [0.1, 0.15) is 5.82 Å². The molecular formula is C11H17N3. The molecule has 1 unspecified atom stereocenters. The summed E-state index contributed by atoms with van der Waals surface area (Å²) in [6.45, 7) is 4.59. The number of nitrogen functional groups attached to an aromatic ring is 1. The van der Waals surface area contributed by atoms with Gasteiger partial charge in [0, 0.05) is 31.0 Å². The highest BCUT2D eigenvalue weighted by molar-refractivity contribution is 5.52. The second kappa shape index (κ2) is 3.86. The number of piperidine rings is 1. The Kier molecular flexibility index (Phi) is 2.57. The lowest BCUT2D eigenvalue weighted by Gasteiger charge is -2.32. The van der Waals surface area contributed by atoms with Gasteiger partial charge in [-0.3, -0.25) is 0 Å². The van der Waals surface area contributed by atoms with Crippen LogP contribution in [0.5, 0.6) is 0 Å². The summed E-state index contributed by atoms with van der Waals surface area (Å²) in [6, 6.07) is 3.99. The molecule has 1 saturated heterocycles. The number of nitrogens with two attached hydrogens (primary N) is 1. The Balaban J connectivity index is 2.14. The molecule has 1 aromatic heterocycles. The van der Waals surface area contributed by atoms with Gasteiger partial charge in [0.2, 0.25) is 0 Å². The van der Waals surface area contributed by atoms with E-state index in [1.54, 1.807) is 6.20 Å². The van der Waals surface area contributed by atoms with Gasteiger partial charge in [-0.05, 0) is 24.8 Å². The number of rotatable bonds is 1. The summed E-state index contributed by atoms with van der Waals surface area (Å²) in [7, 11) is 0. The predicted octanol–water partition coefficient (Wildman–Crippen LogP) is 1.90. The van der Waals surface area contributed by atoms with Crippen molar-refractivity contribution in [2.45, 2.75) is 19.8 Å². The molecule has 14 heavy (non-hydrogen) atoms. The van der Waals surface area contributed by atoms with Crippen LogP contribution in [0.25, 0.3) is 0 Å². The van der Waals surface area contributed by atoms with Crippen LogP contribution in [-0.4, -0.2) is 18.1 Å². The minimum absolute atomic E-state index is 0.612. The maximum absolute atomic E-state index is 5.66. The average molecular weight is 191 g/mol. The fourth-order valence-corrected chi connectivity index (χ4v) is 2.06. The molecule has 1 fully saturated rings. The number of aromatic nitrogens is 1. The Morgan fingerprint density at radius 2 is 2.43 bits per heavy atom. The summed E-state index contributed by atoms with van der Waals surface area (Å²) in [6.07, 6.45) is 4.41. The molecular weight excluding hydrogens is 174 g/mol. The minimum atomic E-state index is 0.612. The van der Waals surface area contributed by atoms with Crippen molar-refractivity contribution < 1.29 is 0 Å². The molecule has 3 nitrogen and oxygen atoms in total. The van der Waals surface area contributed by atoms with Crippen molar-refractivity contribution in [2.24, 2.45) is 5.92 Å². The highest BCUT2D eigenvalue weighted by Gasteiger charge is 2.16. The normalized spacial score (nSPS) is 22.4. The Labute approximate surface area is 84.9 Å². The van der Waals surface area contributed by atoms with E-state index in [0.29, 0.717) is 5.82 Å². The first-order valence-electron chi connectivity index (χ1n) is 5.22. The second-order valence-electron chi connectivity index (χ2n) is 4.13. The third-order valence-electron chi connectivity index (χ3n) is 2.79. The maximum atomic E-state index is 5.66. The van der Waals surface area contributed by atoms with E-state index in [2.05, 4.69) is 16.8 Å². The molecule has 0 aromatic carbocycles. The topological polar surface area (TPSA) is 42.2 Å². The smallest absolute Gasteiger partial charge is 0.125 e. The van der Waals surface area contributed by atoms with Gasteiger partial charge in [0.25, 0.3) is 0 Å². The van der Waals surface area contributed by atoms with Crippen LogP contribution in [0.1, 0.15) is 19.8 Å². The number of pyridine rings is 1. The van der Waals surface area contributed by atoms with E-state index >= 15 is 0 Å². The van der Waals surface area contributed by atoms with E-state index in [1.165, 1.54) is 18.5 Å². The van der Waals surface area contributed by atoms with Gasteiger partial charge in [0.05, 0.1) is 0 Å². The SMILES string of the molecule is CC1CCCN(c2ccnc(N)c2)C1. The van der Waals surface area contributed by atoms with Crippen LogP contribution < -0.4 is 10.6 Å². The molecule has 0 spiro atoms. The summed E-state index contributed by atoms with van der Waals surface area (Å²) in [5.74, 6) is 1.40. The lowest BCUT2D eigenvalue weighted by atomic mass is 10.00. The van der Waals surface area contributed by atoms with E-state index in [9.17, 15) is 0 Å². The zero-order valence-corrected chi connectivity index (χ0v) is 8.61. The molecule has 1 aromatic rings. The Bertz CT molecular complexity index is 311. The van der Waals surface area contributed by atoms with Crippen LogP contribution >= 0.6 is 0 Å². The van der Waals surface area contributed by atoms with Crippen LogP contribution in [0, 0.1) is 5.92 Å². The summed E-state index contributed by atoms with van der Waals surface area (Å²) in [5.41, 5.74) is 6.87. The van der Waals surface area contributed by atoms with Crippen molar-refractivity contribution in [3.63, 3.8) is 0 Å². The highest BCUT2D eigenvalue weighted by Crippen LogP contribution is 2.23. The van der Waals surface area contributed by atoms with Crippen LogP contribution in [0.3, 0.4) is 0 Å². The largest absolute Gasteiger partial charge is 0.384 e. The predicted molar refractivity (Wildman–Crippen MR) is 59.3 cm³/mol. The van der Waals surface area contributed by atoms with Crippen LogP contribution in [0.4, 0.5) is 11.5 Å². The van der Waals surface area contributed by atoms with Gasteiger partial charge in [0.15, 0.2) is 0 Å². The molecule has 0 amide bonds. The van der Waals surface area contributed by atoms with Crippen molar-refractivity contribution in [1.29, 1.82) is 0 Å². The average Bonchev–Trinajstić information content (AvgIpc) is 2.18. The van der Waals surface area contributed by atoms with E-state index in [1.807, 2.05) is 12.1 Å². The molecule has 0 aliphatic carbocycles. The molecule has 2 N–H and O–H groups in total. The molecule has 0 radical (unpaired) electrons. The van der Waals surface area contributed by atoms with Crippen molar-refractivity contribution in [1.82, 2.24) is 4.98 Å². The fourth-order valence-electron chi connectivity index (χ4n) is 2.06. The third kappa shape index (κ3) is 1.97. The fraction of sp³-hybridized carbons (Fsp3) is 0.545. The molecule has 1 aliphatic heterocycles. The van der Waals surface area contributed by atoms with Crippen LogP contribution in [0.2, 0.25) is 0 Å². The molecule has 2 rings (SSSR count). The molecule has 3 heteroatoms. The summed E-state index contributed by atoms with van der Waals surface area (Å²) in [5, 5.41) is 0. The first kappa shape index (κ1) is 9.31. The molecule has 1 aliphatic rings. The minimum Gasteiger partial charge on any atom is -0.384 e. The van der Waals surface area contributed by atoms with E-state index in [4.69, 9.17) is 5.73 Å². The van der Waals surface area contributed by atoms with Gasteiger partial charge in [-0.25, -0.2) is 4.98 Å². The Morgan fingerprint density at radius 1 is 1.57 bits per heavy atom. The van der Waals surface area contributed by atoms with E-state index < -0.39 is 0 Å². The van der Waals surface area contributed by atoms with Crippen molar-refractivity contribution in [3.05, 3.63) is 18.3 Å². The molecule has 76 valence electrons. The highest BCUT2D eigenvalue weighted by atomic mass is 15.1. The van der Waals surface area contributed by atoms with Crippen molar-refractivity contribution >= 4 is 11.5 Å². The second-order valence-corrected chi connectivity index (χ2v) is 4.13.